The highest BCUT2D eigenvalue weighted by molar-refractivity contribution is 6.36. The Morgan fingerprint density at radius 2 is 1.74 bits per heavy atom. The molecule has 1 nitrogen and oxygen atoms in total. The summed E-state index contributed by atoms with van der Waals surface area (Å²) < 4.78 is 13.5. The molecule has 0 spiro atoms. The molecule has 0 saturated heterocycles. The quantitative estimate of drug-likeness (QED) is 0.862. The number of aryl methyl sites for hydroxylation is 1. The molecule has 2 rings (SSSR count). The second-order valence-electron chi connectivity index (χ2n) is 4.36. The smallest absolute Gasteiger partial charge is 0.123 e. The average Bonchev–Trinajstić information content (AvgIpc) is 2.37. The molecule has 19 heavy (non-hydrogen) atoms. The van der Waals surface area contributed by atoms with Crippen LogP contribution in [0.4, 0.5) is 4.39 Å². The minimum Gasteiger partial charge on any atom is -0.309 e. The molecule has 2 aromatic carbocycles. The van der Waals surface area contributed by atoms with E-state index in [4.69, 9.17) is 23.2 Å². The van der Waals surface area contributed by atoms with Crippen LogP contribution < -0.4 is 5.32 Å². The number of nitrogens with one attached hydrogen (secondary N) is 1. The first-order valence-corrected chi connectivity index (χ1v) is 6.67. The number of rotatable bonds is 3. The van der Waals surface area contributed by atoms with E-state index in [9.17, 15) is 4.39 Å². The lowest BCUT2D eigenvalue weighted by Gasteiger charge is -2.21. The molecule has 0 heterocycles. The van der Waals surface area contributed by atoms with Crippen LogP contribution in [0.3, 0.4) is 0 Å². The third-order valence-corrected chi connectivity index (χ3v) is 3.79. The van der Waals surface area contributed by atoms with Crippen molar-refractivity contribution in [2.45, 2.75) is 13.0 Å². The van der Waals surface area contributed by atoms with E-state index in [0.717, 1.165) is 16.7 Å². The van der Waals surface area contributed by atoms with Gasteiger partial charge in [0, 0.05) is 15.6 Å². The molecule has 100 valence electrons. The molecule has 0 radical (unpaired) electrons. The maximum atomic E-state index is 13.5. The molecular weight excluding hydrogens is 284 g/mol. The molecule has 1 unspecified atom stereocenters. The predicted molar refractivity (Wildman–Crippen MR) is 78.5 cm³/mol. The van der Waals surface area contributed by atoms with Gasteiger partial charge in [0.05, 0.1) is 6.04 Å². The molecule has 0 aliphatic rings. The van der Waals surface area contributed by atoms with Crippen LogP contribution in [0.2, 0.25) is 10.0 Å². The van der Waals surface area contributed by atoms with Crippen molar-refractivity contribution >= 4 is 23.2 Å². The number of benzene rings is 2. The van der Waals surface area contributed by atoms with Gasteiger partial charge in [-0.3, -0.25) is 0 Å². The van der Waals surface area contributed by atoms with E-state index in [0.29, 0.717) is 10.0 Å². The Bertz CT molecular complexity index is 578. The minimum atomic E-state index is -0.274. The van der Waals surface area contributed by atoms with Crippen molar-refractivity contribution in [3.8, 4) is 0 Å². The van der Waals surface area contributed by atoms with Gasteiger partial charge in [0.15, 0.2) is 0 Å². The first-order valence-electron chi connectivity index (χ1n) is 5.92. The lowest BCUT2D eigenvalue weighted by molar-refractivity contribution is 0.615. The van der Waals surface area contributed by atoms with Gasteiger partial charge in [0.1, 0.15) is 5.82 Å². The van der Waals surface area contributed by atoms with Gasteiger partial charge in [-0.25, -0.2) is 4.39 Å². The summed E-state index contributed by atoms with van der Waals surface area (Å²) in [6.07, 6.45) is 0. The van der Waals surface area contributed by atoms with Crippen LogP contribution in [0.1, 0.15) is 22.7 Å². The fraction of sp³-hybridized carbons (Fsp3) is 0.200. The van der Waals surface area contributed by atoms with Crippen LogP contribution in [0, 0.1) is 12.7 Å². The van der Waals surface area contributed by atoms with Crippen LogP contribution in [0.15, 0.2) is 36.4 Å². The normalized spacial score (nSPS) is 12.5. The second-order valence-corrected chi connectivity index (χ2v) is 5.17. The summed E-state index contributed by atoms with van der Waals surface area (Å²) in [5.41, 5.74) is 2.58. The van der Waals surface area contributed by atoms with Crippen LogP contribution in [-0.4, -0.2) is 7.05 Å². The fourth-order valence-corrected chi connectivity index (χ4v) is 2.78. The zero-order chi connectivity index (χ0) is 14.0. The number of hydrogen-bond donors (Lipinski definition) is 1. The molecule has 0 aliphatic heterocycles. The lowest BCUT2D eigenvalue weighted by Crippen LogP contribution is -2.19. The largest absolute Gasteiger partial charge is 0.309 e. The summed E-state index contributed by atoms with van der Waals surface area (Å²) in [6, 6.07) is 9.82. The Morgan fingerprint density at radius 1 is 1.11 bits per heavy atom. The van der Waals surface area contributed by atoms with Gasteiger partial charge in [-0.15, -0.1) is 0 Å². The van der Waals surface area contributed by atoms with Gasteiger partial charge in [-0.05, 0) is 49.4 Å². The fourth-order valence-electron chi connectivity index (χ4n) is 2.16. The summed E-state index contributed by atoms with van der Waals surface area (Å²) in [7, 11) is 1.80. The van der Waals surface area contributed by atoms with Crippen LogP contribution >= 0.6 is 23.2 Å². The summed E-state index contributed by atoms with van der Waals surface area (Å²) in [5, 5.41) is 4.28. The number of halogens is 3. The van der Waals surface area contributed by atoms with E-state index < -0.39 is 0 Å². The summed E-state index contributed by atoms with van der Waals surface area (Å²) in [6.45, 7) is 1.93. The highest BCUT2D eigenvalue weighted by Crippen LogP contribution is 2.35. The van der Waals surface area contributed by atoms with E-state index in [1.807, 2.05) is 6.92 Å². The summed E-state index contributed by atoms with van der Waals surface area (Å²) in [5.74, 6) is -0.274. The van der Waals surface area contributed by atoms with Crippen LogP contribution in [0.5, 0.6) is 0 Å². The van der Waals surface area contributed by atoms with Gasteiger partial charge in [-0.1, -0.05) is 35.3 Å². The van der Waals surface area contributed by atoms with Crippen molar-refractivity contribution < 1.29 is 4.39 Å². The Hall–Kier alpha value is -1.09. The maximum absolute atomic E-state index is 13.5. The highest BCUT2D eigenvalue weighted by Gasteiger charge is 2.20. The SMILES string of the molecule is CNC(c1cc(F)ccc1C)c1c(Cl)cccc1Cl. The molecule has 1 N–H and O–H groups in total. The van der Waals surface area contributed by atoms with E-state index in [1.54, 1.807) is 31.3 Å². The molecule has 0 bridgehead atoms. The minimum absolute atomic E-state index is 0.239. The zero-order valence-corrected chi connectivity index (χ0v) is 12.2. The molecule has 0 saturated carbocycles. The van der Waals surface area contributed by atoms with Crippen molar-refractivity contribution in [2.24, 2.45) is 0 Å². The van der Waals surface area contributed by atoms with E-state index in [1.165, 1.54) is 12.1 Å². The molecule has 0 aliphatic carbocycles. The van der Waals surface area contributed by atoms with E-state index in [2.05, 4.69) is 5.32 Å². The van der Waals surface area contributed by atoms with Gasteiger partial charge in [0.25, 0.3) is 0 Å². The third kappa shape index (κ3) is 2.92. The van der Waals surface area contributed by atoms with E-state index >= 15 is 0 Å². The second kappa shape index (κ2) is 5.91. The van der Waals surface area contributed by atoms with E-state index in [-0.39, 0.29) is 11.9 Å². The Morgan fingerprint density at radius 3 is 2.32 bits per heavy atom. The van der Waals surface area contributed by atoms with Crippen molar-refractivity contribution in [3.63, 3.8) is 0 Å². The molecular formula is C15H14Cl2FN. The zero-order valence-electron chi connectivity index (χ0n) is 10.7. The standard InChI is InChI=1S/C15H14Cl2FN/c1-9-6-7-10(18)8-11(9)15(19-2)14-12(16)4-3-5-13(14)17/h3-8,15,19H,1-2H3. The molecule has 1 atom stereocenters. The first kappa shape index (κ1) is 14.3. The molecule has 0 aromatic heterocycles. The predicted octanol–water partition coefficient (Wildman–Crippen LogP) is 4.75. The average molecular weight is 298 g/mol. The lowest BCUT2D eigenvalue weighted by atomic mass is 9.95. The van der Waals surface area contributed by atoms with Gasteiger partial charge < -0.3 is 5.32 Å². The van der Waals surface area contributed by atoms with Crippen LogP contribution in [-0.2, 0) is 0 Å². The molecule has 2 aromatic rings. The Labute approximate surface area is 122 Å². The number of hydrogen-bond acceptors (Lipinski definition) is 1. The van der Waals surface area contributed by atoms with Gasteiger partial charge >= 0.3 is 0 Å². The molecule has 0 amide bonds. The summed E-state index contributed by atoms with van der Waals surface area (Å²) in [4.78, 5) is 0. The Balaban J connectivity index is 2.59. The molecule has 0 fully saturated rings. The highest BCUT2D eigenvalue weighted by atomic mass is 35.5. The third-order valence-electron chi connectivity index (χ3n) is 3.13. The monoisotopic (exact) mass is 297 g/mol. The van der Waals surface area contributed by atoms with Crippen molar-refractivity contribution in [3.05, 3.63) is 69.0 Å². The van der Waals surface area contributed by atoms with Crippen LogP contribution in [0.25, 0.3) is 0 Å². The first-order chi connectivity index (χ1) is 9.04. The summed E-state index contributed by atoms with van der Waals surface area (Å²) >= 11 is 12.5. The van der Waals surface area contributed by atoms with Gasteiger partial charge in [-0.2, -0.15) is 0 Å². The van der Waals surface area contributed by atoms with Gasteiger partial charge in [0.2, 0.25) is 0 Å². The van der Waals surface area contributed by atoms with Crippen molar-refractivity contribution in [1.82, 2.24) is 5.32 Å². The van der Waals surface area contributed by atoms with Crippen molar-refractivity contribution in [2.75, 3.05) is 7.05 Å². The Kier molecular flexibility index (Phi) is 4.46. The topological polar surface area (TPSA) is 12.0 Å². The van der Waals surface area contributed by atoms with Crippen molar-refractivity contribution in [1.29, 1.82) is 0 Å². The maximum Gasteiger partial charge on any atom is 0.123 e. The molecule has 4 heteroatoms.